The van der Waals surface area contributed by atoms with E-state index in [9.17, 15) is 20.1 Å². The van der Waals surface area contributed by atoms with Crippen molar-refractivity contribution in [2.75, 3.05) is 6.61 Å². The van der Waals surface area contributed by atoms with Crippen LogP contribution in [0.3, 0.4) is 0 Å². The number of aliphatic hydroxyl groups is 3. The fourth-order valence-corrected chi connectivity index (χ4v) is 4.92. The highest BCUT2D eigenvalue weighted by Crippen LogP contribution is 2.64. The molecule has 6 heteroatoms. The standard InChI is InChI=1S/C20H30O6/c1-10(2)6-15(22)25-13-8-20(9-21)14(7-11(13)3)26-17-12(4)19(20,5)18(24)16(17)23/h7,10,13-14,16-18,21,23-24H,4,6,8-9H2,1-3,5H3/t13-,14+,16-,17-,18+,19+,20+/m0/s1. The summed E-state index contributed by atoms with van der Waals surface area (Å²) in [6, 6.07) is 0. The molecular formula is C20H30O6. The van der Waals surface area contributed by atoms with E-state index in [1.54, 1.807) is 0 Å². The Labute approximate surface area is 154 Å². The van der Waals surface area contributed by atoms with Crippen LogP contribution in [0.2, 0.25) is 0 Å². The van der Waals surface area contributed by atoms with Crippen LogP contribution in [-0.4, -0.2) is 58.4 Å². The number of carbonyl (C=O) groups excluding carboxylic acids is 1. The molecule has 3 aliphatic rings. The van der Waals surface area contributed by atoms with E-state index in [0.717, 1.165) is 5.57 Å². The summed E-state index contributed by atoms with van der Waals surface area (Å²) < 4.78 is 11.7. The second kappa shape index (κ2) is 6.44. The number of fused-ring (bicyclic) bond motifs is 4. The van der Waals surface area contributed by atoms with Crippen LogP contribution >= 0.6 is 0 Å². The van der Waals surface area contributed by atoms with E-state index in [1.807, 2.05) is 33.8 Å². The quantitative estimate of drug-likeness (QED) is 0.513. The van der Waals surface area contributed by atoms with Gasteiger partial charge in [-0.3, -0.25) is 4.79 Å². The SMILES string of the molecule is C=C1[C@@H]2O[C@@H]3C=C(C)[C@@H](OC(=O)CC(C)C)C[C@]3(CO)[C@@]1(C)[C@H](O)[C@H]2O. The van der Waals surface area contributed by atoms with Crippen LogP contribution in [0.15, 0.2) is 23.8 Å². The lowest BCUT2D eigenvalue weighted by Crippen LogP contribution is -2.61. The molecule has 1 heterocycles. The van der Waals surface area contributed by atoms with Crippen LogP contribution < -0.4 is 0 Å². The summed E-state index contributed by atoms with van der Waals surface area (Å²) in [5.41, 5.74) is -0.410. The molecule has 3 N–H and O–H groups in total. The van der Waals surface area contributed by atoms with Gasteiger partial charge >= 0.3 is 5.97 Å². The highest BCUT2D eigenvalue weighted by molar-refractivity contribution is 5.70. The first kappa shape index (κ1) is 19.5. The van der Waals surface area contributed by atoms with Crippen molar-refractivity contribution in [1.29, 1.82) is 0 Å². The van der Waals surface area contributed by atoms with Gasteiger partial charge in [0, 0.05) is 17.3 Å². The molecule has 146 valence electrons. The van der Waals surface area contributed by atoms with E-state index in [-0.39, 0.29) is 18.5 Å². The Kier molecular flexibility index (Phi) is 4.84. The summed E-state index contributed by atoms with van der Waals surface area (Å²) in [4.78, 5) is 12.2. The molecule has 0 spiro atoms. The van der Waals surface area contributed by atoms with Gasteiger partial charge in [-0.15, -0.1) is 0 Å². The minimum atomic E-state index is -1.10. The highest BCUT2D eigenvalue weighted by atomic mass is 16.5. The van der Waals surface area contributed by atoms with E-state index in [1.165, 1.54) is 0 Å². The third-order valence-corrected chi connectivity index (χ3v) is 6.71. The molecule has 2 aliphatic carbocycles. The van der Waals surface area contributed by atoms with E-state index >= 15 is 0 Å². The number of ether oxygens (including phenoxy) is 2. The summed E-state index contributed by atoms with van der Waals surface area (Å²) in [6.45, 7) is 11.4. The molecule has 1 saturated heterocycles. The molecule has 0 amide bonds. The minimum absolute atomic E-state index is 0.192. The average molecular weight is 366 g/mol. The Bertz CT molecular complexity index is 640. The Morgan fingerprint density at radius 3 is 2.69 bits per heavy atom. The second-order valence-electron chi connectivity index (χ2n) is 8.65. The Morgan fingerprint density at radius 1 is 1.46 bits per heavy atom. The molecule has 0 unspecified atom stereocenters. The molecule has 1 aliphatic heterocycles. The van der Waals surface area contributed by atoms with Crippen LogP contribution in [0.5, 0.6) is 0 Å². The van der Waals surface area contributed by atoms with E-state index in [0.29, 0.717) is 18.4 Å². The van der Waals surface area contributed by atoms with Crippen LogP contribution in [0.4, 0.5) is 0 Å². The molecule has 0 aromatic carbocycles. The van der Waals surface area contributed by atoms with Crippen LogP contribution in [-0.2, 0) is 14.3 Å². The monoisotopic (exact) mass is 366 g/mol. The van der Waals surface area contributed by atoms with Gasteiger partial charge in [-0.05, 0) is 30.4 Å². The molecule has 0 radical (unpaired) electrons. The number of esters is 1. The fraction of sp³-hybridized carbons (Fsp3) is 0.750. The Balaban J connectivity index is 1.97. The topological polar surface area (TPSA) is 96.2 Å². The predicted molar refractivity (Wildman–Crippen MR) is 95.1 cm³/mol. The van der Waals surface area contributed by atoms with Gasteiger partial charge in [-0.25, -0.2) is 0 Å². The normalized spacial score (nSPS) is 44.7. The van der Waals surface area contributed by atoms with Crippen molar-refractivity contribution in [3.05, 3.63) is 23.8 Å². The summed E-state index contributed by atoms with van der Waals surface area (Å²) >= 11 is 0. The third kappa shape index (κ3) is 2.50. The zero-order valence-corrected chi connectivity index (χ0v) is 15.9. The first-order chi connectivity index (χ1) is 12.1. The van der Waals surface area contributed by atoms with Crippen molar-refractivity contribution in [3.8, 4) is 0 Å². The van der Waals surface area contributed by atoms with Crippen molar-refractivity contribution in [2.45, 2.75) is 71.1 Å². The lowest BCUT2D eigenvalue weighted by atomic mass is 9.53. The first-order valence-corrected chi connectivity index (χ1v) is 9.28. The first-order valence-electron chi connectivity index (χ1n) is 9.28. The maximum atomic E-state index is 12.2. The fourth-order valence-electron chi connectivity index (χ4n) is 4.92. The number of aliphatic hydroxyl groups excluding tert-OH is 3. The van der Waals surface area contributed by atoms with Crippen LogP contribution in [0, 0.1) is 16.7 Å². The highest BCUT2D eigenvalue weighted by Gasteiger charge is 2.70. The van der Waals surface area contributed by atoms with Gasteiger partial charge in [-0.2, -0.15) is 0 Å². The van der Waals surface area contributed by atoms with E-state index in [4.69, 9.17) is 9.47 Å². The molecule has 2 fully saturated rings. The molecule has 1 saturated carbocycles. The van der Waals surface area contributed by atoms with E-state index < -0.39 is 41.3 Å². The minimum Gasteiger partial charge on any atom is -0.458 e. The van der Waals surface area contributed by atoms with Crippen LogP contribution in [0.25, 0.3) is 0 Å². The molecule has 3 rings (SSSR count). The Morgan fingerprint density at radius 2 is 2.12 bits per heavy atom. The maximum Gasteiger partial charge on any atom is 0.306 e. The van der Waals surface area contributed by atoms with E-state index in [2.05, 4.69) is 6.58 Å². The lowest BCUT2D eigenvalue weighted by molar-refractivity contribution is -0.177. The van der Waals surface area contributed by atoms with Crippen molar-refractivity contribution in [2.24, 2.45) is 16.7 Å². The number of hydrogen-bond acceptors (Lipinski definition) is 6. The molecule has 2 bridgehead atoms. The molecule has 6 nitrogen and oxygen atoms in total. The van der Waals surface area contributed by atoms with Crippen LogP contribution in [0.1, 0.15) is 40.5 Å². The molecular weight excluding hydrogens is 336 g/mol. The second-order valence-corrected chi connectivity index (χ2v) is 8.65. The molecule has 0 aromatic rings. The third-order valence-electron chi connectivity index (χ3n) is 6.71. The maximum absolute atomic E-state index is 12.2. The largest absolute Gasteiger partial charge is 0.458 e. The smallest absolute Gasteiger partial charge is 0.306 e. The Hall–Kier alpha value is -1.21. The summed E-state index contributed by atoms with van der Waals surface area (Å²) in [7, 11) is 0. The van der Waals surface area contributed by atoms with Gasteiger partial charge in [0.2, 0.25) is 0 Å². The van der Waals surface area contributed by atoms with Gasteiger partial charge in [0.15, 0.2) is 0 Å². The predicted octanol–water partition coefficient (Wildman–Crippen LogP) is 1.34. The van der Waals surface area contributed by atoms with Crippen molar-refractivity contribution in [3.63, 3.8) is 0 Å². The number of hydrogen-bond donors (Lipinski definition) is 3. The van der Waals surface area contributed by atoms with Crippen molar-refractivity contribution < 1.29 is 29.6 Å². The summed E-state index contributed by atoms with van der Waals surface area (Å²) in [6.07, 6.45) is -1.35. The van der Waals surface area contributed by atoms with Gasteiger partial charge < -0.3 is 24.8 Å². The van der Waals surface area contributed by atoms with Crippen molar-refractivity contribution >= 4 is 5.97 Å². The van der Waals surface area contributed by atoms with Gasteiger partial charge in [-0.1, -0.05) is 33.4 Å². The van der Waals surface area contributed by atoms with Gasteiger partial charge in [0.1, 0.15) is 18.3 Å². The molecule has 26 heavy (non-hydrogen) atoms. The molecule has 7 atom stereocenters. The summed E-state index contributed by atoms with van der Waals surface area (Å²) in [5, 5.41) is 31.6. The van der Waals surface area contributed by atoms with Crippen molar-refractivity contribution in [1.82, 2.24) is 0 Å². The zero-order chi connectivity index (χ0) is 19.4. The lowest BCUT2D eigenvalue weighted by Gasteiger charge is -2.57. The van der Waals surface area contributed by atoms with Gasteiger partial charge in [0.25, 0.3) is 0 Å². The number of carbonyl (C=O) groups is 1. The molecule has 0 aromatic heterocycles. The summed E-state index contributed by atoms with van der Waals surface area (Å²) in [5.74, 6) is -0.0901. The zero-order valence-electron chi connectivity index (χ0n) is 15.9. The average Bonchev–Trinajstić information content (AvgIpc) is 2.68. The number of rotatable bonds is 4. The van der Waals surface area contributed by atoms with Gasteiger partial charge in [0.05, 0.1) is 18.8 Å².